The van der Waals surface area contributed by atoms with E-state index in [2.05, 4.69) is 9.88 Å². The first-order valence-corrected chi connectivity index (χ1v) is 4.74. The van der Waals surface area contributed by atoms with Crippen LogP contribution in [0.5, 0.6) is 0 Å². The van der Waals surface area contributed by atoms with Gasteiger partial charge in [-0.3, -0.25) is 0 Å². The summed E-state index contributed by atoms with van der Waals surface area (Å²) in [5.41, 5.74) is 6.51. The van der Waals surface area contributed by atoms with Crippen molar-refractivity contribution in [2.24, 2.45) is 0 Å². The second-order valence-corrected chi connectivity index (χ2v) is 3.50. The number of oxazole rings is 1. The summed E-state index contributed by atoms with van der Waals surface area (Å²) in [5, 5.41) is 0. The lowest BCUT2D eigenvalue weighted by atomic mass is 10.4. The standard InChI is InChI=1S/C9H11N3O2/c10-9-11-8-6(13-9)5-7(14-8)12-3-1-2-4-12/h5H,1-4H2,(H2,10,11). The van der Waals surface area contributed by atoms with E-state index in [1.807, 2.05) is 6.07 Å². The van der Waals surface area contributed by atoms with Crippen molar-refractivity contribution in [3.8, 4) is 0 Å². The maximum Gasteiger partial charge on any atom is 0.295 e. The first-order valence-electron chi connectivity index (χ1n) is 4.74. The molecule has 3 rings (SSSR count). The van der Waals surface area contributed by atoms with Gasteiger partial charge in [0.1, 0.15) is 0 Å². The highest BCUT2D eigenvalue weighted by molar-refractivity contribution is 5.73. The summed E-state index contributed by atoms with van der Waals surface area (Å²) < 4.78 is 10.7. The lowest BCUT2D eigenvalue weighted by Gasteiger charge is -2.11. The summed E-state index contributed by atoms with van der Waals surface area (Å²) >= 11 is 0. The van der Waals surface area contributed by atoms with Gasteiger partial charge in [-0.2, -0.15) is 4.98 Å². The van der Waals surface area contributed by atoms with Gasteiger partial charge in [0.25, 0.3) is 11.7 Å². The van der Waals surface area contributed by atoms with Crippen molar-refractivity contribution in [3.63, 3.8) is 0 Å². The molecular weight excluding hydrogens is 182 g/mol. The van der Waals surface area contributed by atoms with Crippen LogP contribution in [0, 0.1) is 0 Å². The fourth-order valence-corrected chi connectivity index (χ4v) is 1.83. The summed E-state index contributed by atoms with van der Waals surface area (Å²) in [6, 6.07) is 2.01. The SMILES string of the molecule is Nc1nc2oc(N3CCCC3)cc2o1. The number of hydrogen-bond acceptors (Lipinski definition) is 5. The Labute approximate surface area is 80.5 Å². The number of anilines is 2. The molecular formula is C9H11N3O2. The molecule has 0 radical (unpaired) electrons. The Balaban J connectivity index is 2.01. The normalized spacial score (nSPS) is 17.0. The minimum Gasteiger partial charge on any atom is -0.420 e. The summed E-state index contributed by atoms with van der Waals surface area (Å²) in [4.78, 5) is 6.11. The number of aromatic nitrogens is 1. The van der Waals surface area contributed by atoms with Crippen LogP contribution in [0.4, 0.5) is 11.9 Å². The molecule has 74 valence electrons. The van der Waals surface area contributed by atoms with Gasteiger partial charge in [-0.1, -0.05) is 0 Å². The van der Waals surface area contributed by atoms with E-state index in [-0.39, 0.29) is 6.01 Å². The van der Waals surface area contributed by atoms with Crippen LogP contribution < -0.4 is 10.6 Å². The topological polar surface area (TPSA) is 68.4 Å². The van der Waals surface area contributed by atoms with E-state index in [4.69, 9.17) is 14.6 Å². The fraction of sp³-hybridized carbons (Fsp3) is 0.444. The maximum absolute atomic E-state index is 5.51. The second-order valence-electron chi connectivity index (χ2n) is 3.50. The van der Waals surface area contributed by atoms with Gasteiger partial charge in [-0.15, -0.1) is 0 Å². The molecule has 2 aromatic heterocycles. The third-order valence-electron chi connectivity index (χ3n) is 2.51. The van der Waals surface area contributed by atoms with Crippen molar-refractivity contribution in [3.05, 3.63) is 6.07 Å². The monoisotopic (exact) mass is 193 g/mol. The quantitative estimate of drug-likeness (QED) is 0.745. The van der Waals surface area contributed by atoms with Crippen LogP contribution in [0.2, 0.25) is 0 Å². The second kappa shape index (κ2) is 2.67. The molecule has 1 aliphatic heterocycles. The molecule has 0 aromatic carbocycles. The molecule has 2 N–H and O–H groups in total. The van der Waals surface area contributed by atoms with Gasteiger partial charge >= 0.3 is 0 Å². The molecule has 1 aliphatic rings. The summed E-state index contributed by atoms with van der Waals surface area (Å²) in [5.74, 6) is 0.837. The maximum atomic E-state index is 5.51. The first-order chi connectivity index (χ1) is 6.83. The van der Waals surface area contributed by atoms with Crippen LogP contribution in [-0.4, -0.2) is 18.1 Å². The van der Waals surface area contributed by atoms with Crippen LogP contribution >= 0.6 is 0 Å². The number of furan rings is 1. The van der Waals surface area contributed by atoms with Gasteiger partial charge in [0.05, 0.1) is 0 Å². The van der Waals surface area contributed by atoms with Gasteiger partial charge in [0, 0.05) is 19.2 Å². The van der Waals surface area contributed by atoms with E-state index in [9.17, 15) is 0 Å². The van der Waals surface area contributed by atoms with Crippen molar-refractivity contribution in [2.45, 2.75) is 12.8 Å². The summed E-state index contributed by atoms with van der Waals surface area (Å²) in [6.07, 6.45) is 2.44. The van der Waals surface area contributed by atoms with E-state index in [1.54, 1.807) is 0 Å². The molecule has 5 heteroatoms. The molecule has 0 spiro atoms. The Morgan fingerprint density at radius 3 is 2.79 bits per heavy atom. The lowest BCUT2D eigenvalue weighted by Crippen LogP contribution is -2.16. The zero-order valence-electron chi connectivity index (χ0n) is 7.69. The molecule has 0 saturated carbocycles. The molecule has 0 aliphatic carbocycles. The Morgan fingerprint density at radius 2 is 2.07 bits per heavy atom. The number of fused-ring (bicyclic) bond motifs is 1. The Kier molecular flexibility index (Phi) is 1.47. The average molecular weight is 193 g/mol. The predicted octanol–water partition coefficient (Wildman–Crippen LogP) is 1.60. The summed E-state index contributed by atoms with van der Waals surface area (Å²) in [6.45, 7) is 2.09. The predicted molar refractivity (Wildman–Crippen MR) is 52.1 cm³/mol. The van der Waals surface area contributed by atoms with Crippen LogP contribution in [-0.2, 0) is 0 Å². The van der Waals surface area contributed by atoms with Crippen molar-refractivity contribution in [1.82, 2.24) is 4.98 Å². The van der Waals surface area contributed by atoms with E-state index < -0.39 is 0 Å². The molecule has 0 bridgehead atoms. The van der Waals surface area contributed by atoms with Crippen molar-refractivity contribution >= 4 is 23.2 Å². The van der Waals surface area contributed by atoms with Crippen molar-refractivity contribution < 1.29 is 8.83 Å². The number of nitrogens with two attached hydrogens (primary N) is 1. The zero-order valence-corrected chi connectivity index (χ0v) is 7.69. The van der Waals surface area contributed by atoms with E-state index in [0.29, 0.717) is 11.3 Å². The third-order valence-corrected chi connectivity index (χ3v) is 2.51. The van der Waals surface area contributed by atoms with Crippen LogP contribution in [0.1, 0.15) is 12.8 Å². The number of nitrogen functional groups attached to an aromatic ring is 1. The van der Waals surface area contributed by atoms with E-state index in [1.165, 1.54) is 12.8 Å². The van der Waals surface area contributed by atoms with Crippen molar-refractivity contribution in [2.75, 3.05) is 23.7 Å². The molecule has 1 saturated heterocycles. The first kappa shape index (κ1) is 7.73. The summed E-state index contributed by atoms with van der Waals surface area (Å²) in [7, 11) is 0. The Morgan fingerprint density at radius 1 is 1.29 bits per heavy atom. The van der Waals surface area contributed by atoms with Gasteiger partial charge < -0.3 is 19.5 Å². The minimum absolute atomic E-state index is 0.159. The largest absolute Gasteiger partial charge is 0.420 e. The van der Waals surface area contributed by atoms with E-state index in [0.717, 1.165) is 19.0 Å². The highest BCUT2D eigenvalue weighted by Gasteiger charge is 2.18. The number of nitrogens with zero attached hydrogens (tertiary/aromatic N) is 2. The molecule has 2 aromatic rings. The molecule has 0 unspecified atom stereocenters. The third kappa shape index (κ3) is 1.05. The lowest BCUT2D eigenvalue weighted by molar-refractivity contribution is 0.590. The van der Waals surface area contributed by atoms with Crippen LogP contribution in [0.25, 0.3) is 11.3 Å². The van der Waals surface area contributed by atoms with Gasteiger partial charge in [0.2, 0.25) is 5.88 Å². The highest BCUT2D eigenvalue weighted by Crippen LogP contribution is 2.29. The molecule has 1 fully saturated rings. The molecule has 5 nitrogen and oxygen atoms in total. The number of hydrogen-bond donors (Lipinski definition) is 1. The number of rotatable bonds is 1. The van der Waals surface area contributed by atoms with E-state index >= 15 is 0 Å². The van der Waals surface area contributed by atoms with Crippen LogP contribution in [0.3, 0.4) is 0 Å². The van der Waals surface area contributed by atoms with Crippen LogP contribution in [0.15, 0.2) is 14.9 Å². The minimum atomic E-state index is 0.159. The molecule has 14 heavy (non-hydrogen) atoms. The highest BCUT2D eigenvalue weighted by atomic mass is 16.4. The Bertz CT molecular complexity index is 422. The smallest absolute Gasteiger partial charge is 0.295 e. The zero-order chi connectivity index (χ0) is 9.54. The van der Waals surface area contributed by atoms with Gasteiger partial charge in [-0.05, 0) is 12.8 Å². The molecule has 0 amide bonds. The van der Waals surface area contributed by atoms with Gasteiger partial charge in [0.15, 0.2) is 5.58 Å². The average Bonchev–Trinajstić information content (AvgIpc) is 2.74. The molecule has 0 atom stereocenters. The fourth-order valence-electron chi connectivity index (χ4n) is 1.83. The van der Waals surface area contributed by atoms with Crippen molar-refractivity contribution in [1.29, 1.82) is 0 Å². The van der Waals surface area contributed by atoms with Gasteiger partial charge in [-0.25, -0.2) is 0 Å². The molecule has 3 heterocycles. The Hall–Kier alpha value is -1.65.